The maximum Gasteiger partial charge on any atom is 0.320 e. The Morgan fingerprint density at radius 3 is 2.48 bits per heavy atom. The molecule has 1 unspecified atom stereocenters. The summed E-state index contributed by atoms with van der Waals surface area (Å²) < 4.78 is 19.4. The van der Waals surface area contributed by atoms with Crippen molar-refractivity contribution >= 4 is 23.3 Å². The van der Waals surface area contributed by atoms with Gasteiger partial charge in [0.15, 0.2) is 0 Å². The molecule has 1 atom stereocenters. The van der Waals surface area contributed by atoms with E-state index in [0.717, 1.165) is 6.07 Å². The first-order valence-electron chi connectivity index (χ1n) is 7.17. The van der Waals surface area contributed by atoms with Crippen LogP contribution in [0.1, 0.15) is 34.6 Å². The van der Waals surface area contributed by atoms with Gasteiger partial charge in [0.2, 0.25) is 0 Å². The number of hydrogen-bond donors (Lipinski definition) is 2. The number of rotatable bonds is 4. The van der Waals surface area contributed by atoms with Gasteiger partial charge in [-0.3, -0.25) is 0 Å². The minimum Gasteiger partial charge on any atom is -0.489 e. The monoisotopic (exact) mass is 341 g/mol. The van der Waals surface area contributed by atoms with Gasteiger partial charge in [0, 0.05) is 6.07 Å². The molecule has 0 spiro atoms. The minimum atomic E-state index is -0.718. The van der Waals surface area contributed by atoms with Crippen LogP contribution in [0.2, 0.25) is 5.02 Å². The highest BCUT2D eigenvalue weighted by Gasteiger charge is 2.26. The molecule has 1 aromatic carbocycles. The molecule has 0 aliphatic carbocycles. The summed E-state index contributed by atoms with van der Waals surface area (Å²) in [6, 6.07) is 3.00. The Labute approximate surface area is 140 Å². The molecule has 1 aromatic rings. The summed E-state index contributed by atoms with van der Waals surface area (Å²) in [4.78, 5) is 12.0. The molecule has 126 valence electrons. The van der Waals surface area contributed by atoms with Gasteiger partial charge in [0.05, 0.1) is 22.9 Å². The highest BCUT2D eigenvalue weighted by atomic mass is 35.5. The van der Waals surface area contributed by atoms with Crippen molar-refractivity contribution in [2.24, 2.45) is 5.41 Å². The zero-order chi connectivity index (χ0) is 17.8. The molecule has 2 N–H and O–H groups in total. The van der Waals surface area contributed by atoms with E-state index in [-0.39, 0.29) is 22.6 Å². The Morgan fingerprint density at radius 2 is 2.00 bits per heavy atom. The van der Waals surface area contributed by atoms with Crippen LogP contribution in [0, 0.1) is 22.6 Å². The van der Waals surface area contributed by atoms with E-state index >= 15 is 0 Å². The molecule has 7 heteroatoms. The second-order valence-corrected chi connectivity index (χ2v) is 6.86. The smallest absolute Gasteiger partial charge is 0.320 e. The Balaban J connectivity index is 2.92. The van der Waals surface area contributed by atoms with E-state index in [0.29, 0.717) is 0 Å². The minimum absolute atomic E-state index is 0.0758. The van der Waals surface area contributed by atoms with Crippen molar-refractivity contribution < 1.29 is 13.9 Å². The molecular formula is C16H21ClFN3O2. The van der Waals surface area contributed by atoms with E-state index < -0.39 is 23.3 Å². The molecule has 2 amide bonds. The Morgan fingerprint density at radius 1 is 1.39 bits per heavy atom. The van der Waals surface area contributed by atoms with Crippen LogP contribution in [0.25, 0.3) is 0 Å². The number of nitrogens with zero attached hydrogens (tertiary/aromatic N) is 1. The molecule has 0 heterocycles. The fraction of sp³-hybridized carbons (Fsp3) is 0.500. The second-order valence-electron chi connectivity index (χ2n) is 6.46. The molecule has 0 saturated heterocycles. The van der Waals surface area contributed by atoms with Gasteiger partial charge < -0.3 is 15.4 Å². The molecular weight excluding hydrogens is 321 g/mol. The molecule has 23 heavy (non-hydrogen) atoms. The molecule has 0 saturated carbocycles. The molecule has 0 bridgehead atoms. The van der Waals surface area contributed by atoms with Crippen LogP contribution in [0.4, 0.5) is 14.9 Å². The van der Waals surface area contributed by atoms with Crippen LogP contribution < -0.4 is 15.4 Å². The Hall–Kier alpha value is -2.00. The van der Waals surface area contributed by atoms with E-state index in [9.17, 15) is 9.18 Å². The van der Waals surface area contributed by atoms with E-state index in [2.05, 4.69) is 10.6 Å². The number of nitrogens with one attached hydrogen (secondary N) is 2. The normalized spacial score (nSPS) is 12.5. The summed E-state index contributed by atoms with van der Waals surface area (Å²) in [7, 11) is 0. The summed E-state index contributed by atoms with van der Waals surface area (Å²) in [6.45, 7) is 9.07. The van der Waals surface area contributed by atoms with Gasteiger partial charge in [0.1, 0.15) is 17.6 Å². The number of ether oxygens (including phenoxy) is 1. The lowest BCUT2D eigenvalue weighted by molar-refractivity contribution is 0.239. The molecule has 1 rings (SSSR count). The third-order valence-electron chi connectivity index (χ3n) is 2.90. The van der Waals surface area contributed by atoms with Crippen LogP contribution >= 0.6 is 11.6 Å². The summed E-state index contributed by atoms with van der Waals surface area (Å²) in [5.74, 6) is -0.420. The van der Waals surface area contributed by atoms with Crippen LogP contribution in [0.3, 0.4) is 0 Å². The van der Waals surface area contributed by atoms with Crippen LogP contribution in [0.5, 0.6) is 5.75 Å². The number of urea groups is 1. The van der Waals surface area contributed by atoms with Crippen molar-refractivity contribution in [2.45, 2.75) is 46.8 Å². The van der Waals surface area contributed by atoms with Crippen LogP contribution in [-0.2, 0) is 0 Å². The first-order chi connectivity index (χ1) is 10.5. The molecule has 5 nitrogen and oxygen atoms in total. The average Bonchev–Trinajstić information content (AvgIpc) is 2.39. The number of carbonyl (C=O) groups is 1. The number of benzene rings is 1. The standard InChI is InChI=1S/C16H21ClFN3O2/c1-9(2)23-13-7-12(11(18)6-10(13)17)20-15(22)21-14(8-19)16(3,4)5/h6-7,9,14H,1-5H3,(H2,20,21,22). The molecule has 0 aliphatic rings. The van der Waals surface area contributed by atoms with Gasteiger partial charge in [0.25, 0.3) is 0 Å². The van der Waals surface area contributed by atoms with E-state index in [1.165, 1.54) is 6.07 Å². The van der Waals surface area contributed by atoms with Crippen molar-refractivity contribution in [1.29, 1.82) is 5.26 Å². The number of hydrogen-bond acceptors (Lipinski definition) is 3. The largest absolute Gasteiger partial charge is 0.489 e. The van der Waals surface area contributed by atoms with Gasteiger partial charge in [-0.1, -0.05) is 32.4 Å². The quantitative estimate of drug-likeness (QED) is 0.856. The Bertz CT molecular complexity index is 621. The third-order valence-corrected chi connectivity index (χ3v) is 3.20. The number of carbonyl (C=O) groups excluding carboxylic acids is 1. The number of amides is 2. The molecule has 0 fully saturated rings. The number of nitriles is 1. The SMILES string of the molecule is CC(C)Oc1cc(NC(=O)NC(C#N)C(C)(C)C)c(F)cc1Cl. The first kappa shape index (κ1) is 19.0. The zero-order valence-corrected chi connectivity index (χ0v) is 14.6. The van der Waals surface area contributed by atoms with Gasteiger partial charge in [-0.05, 0) is 25.3 Å². The summed E-state index contributed by atoms with van der Waals surface area (Å²) in [5.41, 5.74) is -0.524. The maximum absolute atomic E-state index is 13.9. The van der Waals surface area contributed by atoms with Gasteiger partial charge in [-0.25, -0.2) is 9.18 Å². The highest BCUT2D eigenvalue weighted by molar-refractivity contribution is 6.32. The van der Waals surface area contributed by atoms with E-state index in [4.69, 9.17) is 21.6 Å². The van der Waals surface area contributed by atoms with E-state index in [1.54, 1.807) is 13.8 Å². The second kappa shape index (κ2) is 7.51. The summed E-state index contributed by atoms with van der Waals surface area (Å²) in [5, 5.41) is 14.1. The Kier molecular flexibility index (Phi) is 6.22. The lowest BCUT2D eigenvalue weighted by Gasteiger charge is -2.25. The van der Waals surface area contributed by atoms with Gasteiger partial charge in [-0.2, -0.15) is 5.26 Å². The van der Waals surface area contributed by atoms with E-state index in [1.807, 2.05) is 26.8 Å². The summed E-state index contributed by atoms with van der Waals surface area (Å²) >= 11 is 5.91. The fourth-order valence-corrected chi connectivity index (χ4v) is 1.90. The topological polar surface area (TPSA) is 74.2 Å². The highest BCUT2D eigenvalue weighted by Crippen LogP contribution is 2.31. The van der Waals surface area contributed by atoms with Gasteiger partial charge >= 0.3 is 6.03 Å². The van der Waals surface area contributed by atoms with Crippen LogP contribution in [-0.4, -0.2) is 18.2 Å². The summed E-state index contributed by atoms with van der Waals surface area (Å²) in [6.07, 6.45) is -0.150. The predicted molar refractivity (Wildman–Crippen MR) is 88.2 cm³/mol. The average molecular weight is 342 g/mol. The third kappa shape index (κ3) is 5.61. The fourth-order valence-electron chi connectivity index (χ4n) is 1.70. The number of anilines is 1. The maximum atomic E-state index is 13.9. The lowest BCUT2D eigenvalue weighted by Crippen LogP contribution is -2.44. The van der Waals surface area contributed by atoms with Crippen molar-refractivity contribution in [3.63, 3.8) is 0 Å². The first-order valence-corrected chi connectivity index (χ1v) is 7.55. The predicted octanol–water partition coefficient (Wildman–Crippen LogP) is 4.33. The molecule has 0 aromatic heterocycles. The van der Waals surface area contributed by atoms with Crippen molar-refractivity contribution in [3.05, 3.63) is 23.0 Å². The lowest BCUT2D eigenvalue weighted by atomic mass is 9.88. The zero-order valence-electron chi connectivity index (χ0n) is 13.8. The van der Waals surface area contributed by atoms with Crippen molar-refractivity contribution in [2.75, 3.05) is 5.32 Å². The molecule has 0 radical (unpaired) electrons. The van der Waals surface area contributed by atoms with Crippen molar-refractivity contribution in [3.8, 4) is 11.8 Å². The van der Waals surface area contributed by atoms with Crippen LogP contribution in [0.15, 0.2) is 12.1 Å². The van der Waals surface area contributed by atoms with Gasteiger partial charge in [-0.15, -0.1) is 0 Å². The number of halogens is 2. The van der Waals surface area contributed by atoms with Crippen molar-refractivity contribution in [1.82, 2.24) is 5.32 Å². The molecule has 0 aliphatic heterocycles.